The zero-order valence-corrected chi connectivity index (χ0v) is 14.4. The van der Waals surface area contributed by atoms with Gasteiger partial charge in [0.2, 0.25) is 5.91 Å². The molecule has 0 aromatic carbocycles. The fourth-order valence-electron chi connectivity index (χ4n) is 3.56. The van der Waals surface area contributed by atoms with Crippen molar-refractivity contribution < 1.29 is 13.2 Å². The predicted octanol–water partition coefficient (Wildman–Crippen LogP) is 2.49. The smallest absolute Gasteiger partial charge is 0.222 e. The van der Waals surface area contributed by atoms with Crippen LogP contribution in [0.1, 0.15) is 51.9 Å². The van der Waals surface area contributed by atoms with Crippen LogP contribution < -0.4 is 0 Å². The minimum atomic E-state index is -2.99. The molecule has 0 N–H and O–H groups in total. The fraction of sp³-hybridized carbons (Fsp3) is 0.938. The Kier molecular flexibility index (Phi) is 5.01. The van der Waals surface area contributed by atoms with Gasteiger partial charge in [-0.25, -0.2) is 8.42 Å². The van der Waals surface area contributed by atoms with Gasteiger partial charge in [-0.3, -0.25) is 4.79 Å². The average molecular weight is 315 g/mol. The molecule has 0 radical (unpaired) electrons. The van der Waals surface area contributed by atoms with Gasteiger partial charge in [0.1, 0.15) is 9.84 Å². The molecule has 2 aliphatic rings. The van der Waals surface area contributed by atoms with E-state index in [1.165, 1.54) is 31.9 Å². The second-order valence-corrected chi connectivity index (χ2v) is 9.79. The van der Waals surface area contributed by atoms with E-state index >= 15 is 0 Å². The van der Waals surface area contributed by atoms with Gasteiger partial charge in [-0.2, -0.15) is 0 Å². The van der Waals surface area contributed by atoms with E-state index in [1.54, 1.807) is 0 Å². The van der Waals surface area contributed by atoms with Crippen LogP contribution in [0.3, 0.4) is 0 Å². The molecule has 21 heavy (non-hydrogen) atoms. The van der Waals surface area contributed by atoms with Crippen LogP contribution in [0.2, 0.25) is 0 Å². The van der Waals surface area contributed by atoms with E-state index in [1.807, 2.05) is 11.9 Å². The van der Waals surface area contributed by atoms with Gasteiger partial charge in [-0.05, 0) is 42.9 Å². The summed E-state index contributed by atoms with van der Waals surface area (Å²) in [5.41, 5.74) is -0.250. The highest BCUT2D eigenvalue weighted by Gasteiger charge is 2.47. The lowest BCUT2D eigenvalue weighted by Crippen LogP contribution is -2.35. The summed E-state index contributed by atoms with van der Waals surface area (Å²) >= 11 is 0. The second kappa shape index (κ2) is 6.27. The molecule has 0 saturated heterocycles. The molecule has 0 aromatic heterocycles. The molecule has 2 fully saturated rings. The summed E-state index contributed by atoms with van der Waals surface area (Å²) in [6.45, 7) is 3.13. The van der Waals surface area contributed by atoms with Crippen LogP contribution in [0.25, 0.3) is 0 Å². The lowest BCUT2D eigenvalue weighted by Gasteiger charge is -2.30. The van der Waals surface area contributed by atoms with Gasteiger partial charge in [0.25, 0.3) is 0 Å². The van der Waals surface area contributed by atoms with Gasteiger partial charge in [0.15, 0.2) is 0 Å². The molecular formula is C16H29NO3S. The Hall–Kier alpha value is -0.580. The molecule has 122 valence electrons. The third kappa shape index (κ3) is 5.28. The van der Waals surface area contributed by atoms with Crippen molar-refractivity contribution in [3.63, 3.8) is 0 Å². The molecule has 2 rings (SSSR count). The second-order valence-electron chi connectivity index (χ2n) is 7.65. The van der Waals surface area contributed by atoms with Crippen molar-refractivity contribution in [1.82, 2.24) is 4.90 Å². The summed E-state index contributed by atoms with van der Waals surface area (Å²) in [4.78, 5) is 14.2. The maximum Gasteiger partial charge on any atom is 0.222 e. The monoisotopic (exact) mass is 315 g/mol. The Morgan fingerprint density at radius 3 is 2.24 bits per heavy atom. The molecule has 0 heterocycles. The van der Waals surface area contributed by atoms with Gasteiger partial charge >= 0.3 is 0 Å². The molecule has 0 atom stereocenters. The van der Waals surface area contributed by atoms with Gasteiger partial charge in [-0.1, -0.05) is 19.8 Å². The first-order valence-corrected chi connectivity index (χ1v) is 10.2. The van der Waals surface area contributed by atoms with Crippen molar-refractivity contribution in [1.29, 1.82) is 0 Å². The third-order valence-electron chi connectivity index (χ3n) is 5.14. The van der Waals surface area contributed by atoms with Gasteiger partial charge in [-0.15, -0.1) is 0 Å². The molecule has 4 nitrogen and oxygen atoms in total. The van der Waals surface area contributed by atoms with Crippen molar-refractivity contribution in [2.75, 3.05) is 25.6 Å². The van der Waals surface area contributed by atoms with Crippen LogP contribution in [0.15, 0.2) is 0 Å². The summed E-state index contributed by atoms with van der Waals surface area (Å²) in [5, 5.41) is 0. The van der Waals surface area contributed by atoms with Crippen molar-refractivity contribution in [3.05, 3.63) is 0 Å². The maximum atomic E-state index is 12.4. The highest BCUT2D eigenvalue weighted by atomic mass is 32.2. The molecule has 0 aromatic rings. The van der Waals surface area contributed by atoms with Gasteiger partial charge in [0.05, 0.1) is 5.75 Å². The summed E-state index contributed by atoms with van der Waals surface area (Å²) in [5.74, 6) is 1.74. The number of rotatable bonds is 6. The van der Waals surface area contributed by atoms with Gasteiger partial charge in [0, 0.05) is 26.3 Å². The number of carbonyl (C=O) groups is 1. The predicted molar refractivity (Wildman–Crippen MR) is 84.8 cm³/mol. The SMILES string of the molecule is CC1CCC(CN(C)C(=O)CC2(CS(C)(=O)=O)CC2)CC1. The molecular weight excluding hydrogens is 286 g/mol. The van der Waals surface area contributed by atoms with Crippen LogP contribution >= 0.6 is 0 Å². The summed E-state index contributed by atoms with van der Waals surface area (Å²) in [6.07, 6.45) is 8.39. The zero-order valence-electron chi connectivity index (χ0n) is 13.6. The quantitative estimate of drug-likeness (QED) is 0.756. The molecule has 0 unspecified atom stereocenters. The number of nitrogens with zero attached hydrogens (tertiary/aromatic N) is 1. The summed E-state index contributed by atoms with van der Waals surface area (Å²) in [7, 11) is -1.12. The van der Waals surface area contributed by atoms with Crippen LogP contribution in [0.5, 0.6) is 0 Å². The normalized spacial score (nSPS) is 28.1. The first kappa shape index (κ1) is 16.8. The number of carbonyl (C=O) groups excluding carboxylic acids is 1. The highest BCUT2D eigenvalue weighted by Crippen LogP contribution is 2.50. The molecule has 2 aliphatic carbocycles. The number of amides is 1. The topological polar surface area (TPSA) is 54.5 Å². The van der Waals surface area contributed by atoms with Crippen LogP contribution in [-0.4, -0.2) is 44.8 Å². The third-order valence-corrected chi connectivity index (χ3v) is 6.28. The molecule has 2 saturated carbocycles. The fourth-order valence-corrected chi connectivity index (χ4v) is 5.06. The van der Waals surface area contributed by atoms with E-state index in [0.29, 0.717) is 12.3 Å². The van der Waals surface area contributed by atoms with Crippen LogP contribution in [0.4, 0.5) is 0 Å². The lowest BCUT2D eigenvalue weighted by molar-refractivity contribution is -0.131. The Morgan fingerprint density at radius 1 is 1.19 bits per heavy atom. The minimum absolute atomic E-state index is 0.120. The van der Waals surface area contributed by atoms with E-state index in [-0.39, 0.29) is 17.1 Å². The molecule has 0 aliphatic heterocycles. The van der Waals surface area contributed by atoms with Crippen molar-refractivity contribution in [2.24, 2.45) is 17.3 Å². The van der Waals surface area contributed by atoms with Crippen molar-refractivity contribution in [3.8, 4) is 0 Å². The van der Waals surface area contributed by atoms with E-state index in [2.05, 4.69) is 6.92 Å². The van der Waals surface area contributed by atoms with Crippen LogP contribution in [-0.2, 0) is 14.6 Å². The Bertz CT molecular complexity index is 474. The summed E-state index contributed by atoms with van der Waals surface area (Å²) < 4.78 is 22.9. The Balaban J connectivity index is 1.80. The minimum Gasteiger partial charge on any atom is -0.345 e. The average Bonchev–Trinajstić information content (AvgIpc) is 3.08. The first-order chi connectivity index (χ1) is 9.69. The van der Waals surface area contributed by atoms with Gasteiger partial charge < -0.3 is 4.90 Å². The highest BCUT2D eigenvalue weighted by molar-refractivity contribution is 7.90. The van der Waals surface area contributed by atoms with Crippen LogP contribution in [0, 0.1) is 17.3 Å². The molecule has 1 amide bonds. The maximum absolute atomic E-state index is 12.4. The Labute approximate surface area is 129 Å². The van der Waals surface area contributed by atoms with Crippen molar-refractivity contribution in [2.45, 2.75) is 51.9 Å². The van der Waals surface area contributed by atoms with E-state index in [4.69, 9.17) is 0 Å². The zero-order chi connectivity index (χ0) is 15.7. The number of sulfone groups is 1. The molecule has 0 spiro atoms. The lowest BCUT2D eigenvalue weighted by atomic mass is 9.83. The Morgan fingerprint density at radius 2 is 1.76 bits per heavy atom. The van der Waals surface area contributed by atoms with Crippen molar-refractivity contribution >= 4 is 15.7 Å². The first-order valence-electron chi connectivity index (χ1n) is 8.11. The molecule has 5 heteroatoms. The summed E-state index contributed by atoms with van der Waals surface area (Å²) in [6, 6.07) is 0. The van der Waals surface area contributed by atoms with E-state index in [0.717, 1.165) is 25.3 Å². The largest absolute Gasteiger partial charge is 0.345 e. The molecule has 0 bridgehead atoms. The number of hydrogen-bond acceptors (Lipinski definition) is 3. The number of hydrogen-bond donors (Lipinski definition) is 0. The standard InChI is InChI=1S/C16H29NO3S/c1-13-4-6-14(7-5-13)11-17(2)15(18)10-16(8-9-16)12-21(3,19)20/h13-14H,4-12H2,1-3H3. The van der Waals surface area contributed by atoms with E-state index in [9.17, 15) is 13.2 Å². The van der Waals surface area contributed by atoms with E-state index < -0.39 is 9.84 Å².